The largest absolute Gasteiger partial charge is 0.436 e. The van der Waals surface area contributed by atoms with Crippen LogP contribution in [0.5, 0.6) is 0 Å². The Kier molecular flexibility index (Phi) is 6.41. The summed E-state index contributed by atoms with van der Waals surface area (Å²) in [6, 6.07) is 19.2. The molecule has 2 fully saturated rings. The molecule has 0 radical (unpaired) electrons. The monoisotopic (exact) mass is 593 g/mol. The number of amides is 2. The minimum absolute atomic E-state index is 0.106. The van der Waals surface area contributed by atoms with Gasteiger partial charge in [0.15, 0.2) is 5.58 Å². The number of para-hydroxylation sites is 2. The van der Waals surface area contributed by atoms with Crippen LogP contribution in [-0.4, -0.2) is 41.6 Å². The zero-order valence-corrected chi connectivity index (χ0v) is 22.7. The topological polar surface area (TPSA) is 101 Å². The molecule has 0 bridgehead atoms. The number of sulfonamides is 1. The predicted octanol–water partition coefficient (Wildman–Crippen LogP) is 5.52. The lowest BCUT2D eigenvalue weighted by Gasteiger charge is -2.32. The summed E-state index contributed by atoms with van der Waals surface area (Å²) in [6.45, 7) is 0. The molecule has 8 nitrogen and oxygen atoms in total. The molecule has 2 heterocycles. The van der Waals surface area contributed by atoms with Crippen LogP contribution in [0.4, 0.5) is 5.69 Å². The number of benzene rings is 3. The number of hydrogen-bond donors (Lipinski definition) is 0. The molecule has 2 aliphatic rings. The van der Waals surface area contributed by atoms with Crippen molar-refractivity contribution in [1.82, 2.24) is 9.29 Å². The Morgan fingerprint density at radius 1 is 0.921 bits per heavy atom. The number of halogens is 1. The minimum Gasteiger partial charge on any atom is -0.436 e. The third-order valence-corrected chi connectivity index (χ3v) is 9.67. The Morgan fingerprint density at radius 3 is 2.29 bits per heavy atom. The van der Waals surface area contributed by atoms with E-state index in [0.717, 1.165) is 27.7 Å². The van der Waals surface area contributed by atoms with Crippen molar-refractivity contribution in [3.05, 3.63) is 77.3 Å². The number of rotatable bonds is 6. The van der Waals surface area contributed by atoms with Crippen molar-refractivity contribution >= 4 is 54.6 Å². The maximum Gasteiger partial charge on any atom is 0.252 e. The lowest BCUT2D eigenvalue weighted by Crippen LogP contribution is -2.49. The SMILES string of the molecule is O=C1CC(N(C2CCCC2)S(=O)(=O)c2ccc(Br)cc2)C(=O)N1c1ccc(-c2nc3ccccc3o2)cc1. The molecule has 194 valence electrons. The van der Waals surface area contributed by atoms with Gasteiger partial charge in [-0.25, -0.2) is 18.3 Å². The maximum absolute atomic E-state index is 13.8. The molecule has 6 rings (SSSR count). The smallest absolute Gasteiger partial charge is 0.252 e. The second-order valence-electron chi connectivity index (χ2n) is 9.55. The number of aromatic nitrogens is 1. The summed E-state index contributed by atoms with van der Waals surface area (Å²) in [5, 5.41) is 0. The Bertz CT molecular complexity index is 1590. The van der Waals surface area contributed by atoms with Crippen LogP contribution in [0.1, 0.15) is 32.1 Å². The van der Waals surface area contributed by atoms with Crippen molar-refractivity contribution in [2.24, 2.45) is 0 Å². The van der Waals surface area contributed by atoms with E-state index in [1.54, 1.807) is 36.4 Å². The van der Waals surface area contributed by atoms with Gasteiger partial charge in [0, 0.05) is 16.1 Å². The lowest BCUT2D eigenvalue weighted by molar-refractivity contribution is -0.122. The van der Waals surface area contributed by atoms with Gasteiger partial charge in [0.05, 0.1) is 17.0 Å². The highest BCUT2D eigenvalue weighted by molar-refractivity contribution is 9.10. The van der Waals surface area contributed by atoms with Gasteiger partial charge in [-0.1, -0.05) is 40.9 Å². The second kappa shape index (κ2) is 9.76. The van der Waals surface area contributed by atoms with Crippen molar-refractivity contribution in [2.75, 3.05) is 4.90 Å². The molecule has 1 saturated heterocycles. The van der Waals surface area contributed by atoms with Crippen molar-refractivity contribution in [2.45, 2.75) is 49.1 Å². The van der Waals surface area contributed by atoms with Crippen molar-refractivity contribution < 1.29 is 22.4 Å². The molecular weight excluding hydrogens is 570 g/mol. The fourth-order valence-corrected chi connectivity index (χ4v) is 7.43. The van der Waals surface area contributed by atoms with E-state index in [4.69, 9.17) is 4.42 Å². The molecule has 1 unspecified atom stereocenters. The highest BCUT2D eigenvalue weighted by atomic mass is 79.9. The van der Waals surface area contributed by atoms with Gasteiger partial charge >= 0.3 is 0 Å². The van der Waals surface area contributed by atoms with Gasteiger partial charge in [-0.15, -0.1) is 0 Å². The number of carbonyl (C=O) groups excluding carboxylic acids is 2. The van der Waals surface area contributed by atoms with Crippen LogP contribution < -0.4 is 4.90 Å². The number of fused-ring (bicyclic) bond motifs is 1. The normalized spacial score (nSPS) is 18.8. The van der Waals surface area contributed by atoms with Crippen molar-refractivity contribution in [1.29, 1.82) is 0 Å². The number of nitrogens with zero attached hydrogens (tertiary/aromatic N) is 3. The Hall–Kier alpha value is -3.34. The van der Waals surface area contributed by atoms with Gasteiger partial charge in [-0.2, -0.15) is 4.31 Å². The fraction of sp³-hybridized carbons (Fsp3) is 0.250. The van der Waals surface area contributed by atoms with Crippen LogP contribution >= 0.6 is 15.9 Å². The summed E-state index contributed by atoms with van der Waals surface area (Å²) in [4.78, 5) is 32.5. The number of oxazole rings is 1. The highest BCUT2D eigenvalue weighted by Crippen LogP contribution is 2.36. The van der Waals surface area contributed by atoms with Crippen LogP contribution in [0.15, 0.2) is 86.6 Å². The molecule has 3 aromatic carbocycles. The number of carbonyl (C=O) groups is 2. The van der Waals surface area contributed by atoms with E-state index in [0.29, 0.717) is 35.6 Å². The number of anilines is 1. The number of hydrogen-bond acceptors (Lipinski definition) is 6. The summed E-state index contributed by atoms with van der Waals surface area (Å²) in [7, 11) is -4.01. The van der Waals surface area contributed by atoms with E-state index in [2.05, 4.69) is 20.9 Å². The van der Waals surface area contributed by atoms with Crippen LogP contribution in [0.3, 0.4) is 0 Å². The molecule has 1 aliphatic heterocycles. The van der Waals surface area contributed by atoms with E-state index in [9.17, 15) is 18.0 Å². The lowest BCUT2D eigenvalue weighted by atomic mass is 10.1. The standard InChI is InChI=1S/C28H24BrN3O5S/c29-19-11-15-22(16-12-19)38(35,36)32(21-5-1-2-6-21)24-17-26(33)31(28(24)34)20-13-9-18(10-14-20)27-30-23-7-3-4-8-25(23)37-27/h3-4,7-16,21,24H,1-2,5-6,17H2. The molecule has 4 aromatic rings. The van der Waals surface area contributed by atoms with Crippen LogP contribution in [-0.2, 0) is 19.6 Å². The first-order valence-corrected chi connectivity index (χ1v) is 14.7. The summed E-state index contributed by atoms with van der Waals surface area (Å²) < 4.78 is 35.5. The van der Waals surface area contributed by atoms with Gasteiger partial charge in [-0.05, 0) is 73.5 Å². The molecule has 1 aliphatic carbocycles. The average Bonchev–Trinajstić information content (AvgIpc) is 3.65. The average molecular weight is 594 g/mol. The fourth-order valence-electron chi connectivity index (χ4n) is 5.34. The zero-order chi connectivity index (χ0) is 26.4. The van der Waals surface area contributed by atoms with E-state index in [1.165, 1.54) is 16.4 Å². The van der Waals surface area contributed by atoms with E-state index in [-0.39, 0.29) is 17.4 Å². The quantitative estimate of drug-likeness (QED) is 0.273. The zero-order valence-electron chi connectivity index (χ0n) is 20.3. The van der Waals surface area contributed by atoms with Crippen molar-refractivity contribution in [3.63, 3.8) is 0 Å². The second-order valence-corrected chi connectivity index (χ2v) is 12.3. The van der Waals surface area contributed by atoms with Gasteiger partial charge in [-0.3, -0.25) is 9.59 Å². The molecule has 0 spiro atoms. The van der Waals surface area contributed by atoms with Gasteiger partial charge in [0.2, 0.25) is 21.8 Å². The summed E-state index contributed by atoms with van der Waals surface area (Å²) in [6.07, 6.45) is 2.89. The first-order chi connectivity index (χ1) is 18.3. The number of imide groups is 1. The summed E-state index contributed by atoms with van der Waals surface area (Å²) in [5.41, 5.74) is 2.48. The van der Waals surface area contributed by atoms with Gasteiger partial charge in [0.25, 0.3) is 5.91 Å². The summed E-state index contributed by atoms with van der Waals surface area (Å²) >= 11 is 3.34. The van der Waals surface area contributed by atoms with Gasteiger partial charge < -0.3 is 4.42 Å². The molecule has 1 atom stereocenters. The Labute approximate surface area is 228 Å². The summed E-state index contributed by atoms with van der Waals surface area (Å²) in [5.74, 6) is -0.525. The Balaban J connectivity index is 1.31. The molecule has 1 aromatic heterocycles. The van der Waals surface area contributed by atoms with Crippen LogP contribution in [0.25, 0.3) is 22.6 Å². The minimum atomic E-state index is -4.01. The molecule has 1 saturated carbocycles. The first kappa shape index (κ1) is 25.0. The molecular formula is C28H24BrN3O5S. The maximum atomic E-state index is 13.8. The van der Waals surface area contributed by atoms with Gasteiger partial charge in [0.1, 0.15) is 11.6 Å². The molecule has 2 amide bonds. The first-order valence-electron chi connectivity index (χ1n) is 12.4. The van der Waals surface area contributed by atoms with E-state index >= 15 is 0 Å². The van der Waals surface area contributed by atoms with Crippen LogP contribution in [0, 0.1) is 0 Å². The Morgan fingerprint density at radius 2 is 1.61 bits per heavy atom. The third kappa shape index (κ3) is 4.36. The molecule has 10 heteroatoms. The van der Waals surface area contributed by atoms with E-state index < -0.39 is 27.9 Å². The third-order valence-electron chi connectivity index (χ3n) is 7.17. The predicted molar refractivity (Wildman–Crippen MR) is 146 cm³/mol. The molecule has 0 N–H and O–H groups in total. The highest BCUT2D eigenvalue weighted by Gasteiger charge is 2.49. The van der Waals surface area contributed by atoms with Crippen LogP contribution in [0.2, 0.25) is 0 Å². The van der Waals surface area contributed by atoms with E-state index in [1.807, 2.05) is 24.3 Å². The van der Waals surface area contributed by atoms with Crippen molar-refractivity contribution in [3.8, 4) is 11.5 Å². The molecule has 38 heavy (non-hydrogen) atoms.